The van der Waals surface area contributed by atoms with E-state index in [1.165, 1.54) is 11.1 Å². The van der Waals surface area contributed by atoms with Gasteiger partial charge in [0.2, 0.25) is 5.91 Å². The first-order chi connectivity index (χ1) is 10.1. The molecule has 2 atom stereocenters. The van der Waals surface area contributed by atoms with Crippen LogP contribution < -0.4 is 5.32 Å². The van der Waals surface area contributed by atoms with Crippen LogP contribution in [0.4, 0.5) is 0 Å². The third-order valence-electron chi connectivity index (χ3n) is 4.76. The molecule has 2 aliphatic heterocycles. The van der Waals surface area contributed by atoms with Gasteiger partial charge in [-0.25, -0.2) is 0 Å². The van der Waals surface area contributed by atoms with E-state index >= 15 is 0 Å². The molecule has 2 saturated heterocycles. The Morgan fingerprint density at radius 2 is 2.33 bits per heavy atom. The van der Waals surface area contributed by atoms with Gasteiger partial charge in [0.15, 0.2) is 0 Å². The summed E-state index contributed by atoms with van der Waals surface area (Å²) in [5, 5.41) is 3.39. The lowest BCUT2D eigenvalue weighted by molar-refractivity contribution is -0.169. The van der Waals surface area contributed by atoms with E-state index in [2.05, 4.69) is 43.4 Å². The van der Waals surface area contributed by atoms with Crippen molar-refractivity contribution in [2.24, 2.45) is 5.92 Å². The second kappa shape index (κ2) is 5.78. The third-order valence-corrected chi connectivity index (χ3v) is 4.76. The van der Waals surface area contributed by atoms with E-state index in [4.69, 9.17) is 4.74 Å². The minimum atomic E-state index is -0.221. The minimum Gasteiger partial charge on any atom is -0.363 e. The molecule has 0 bridgehead atoms. The maximum atomic E-state index is 12.2. The second-order valence-electron chi connectivity index (χ2n) is 6.53. The van der Waals surface area contributed by atoms with Crippen molar-refractivity contribution in [1.82, 2.24) is 10.2 Å². The van der Waals surface area contributed by atoms with Crippen LogP contribution in [0, 0.1) is 12.8 Å². The Morgan fingerprint density at radius 1 is 1.48 bits per heavy atom. The summed E-state index contributed by atoms with van der Waals surface area (Å²) in [6.07, 6.45) is 1.13. The lowest BCUT2D eigenvalue weighted by Crippen LogP contribution is -2.56. The van der Waals surface area contributed by atoms with Gasteiger partial charge >= 0.3 is 0 Å². The Kier molecular flexibility index (Phi) is 4.00. The number of carbonyl (C=O) groups is 1. The molecule has 21 heavy (non-hydrogen) atoms. The Morgan fingerprint density at radius 3 is 3.05 bits per heavy atom. The first-order valence-corrected chi connectivity index (χ1v) is 7.75. The molecule has 4 nitrogen and oxygen atoms in total. The highest BCUT2D eigenvalue weighted by Gasteiger charge is 2.43. The highest BCUT2D eigenvalue weighted by atomic mass is 16.5. The van der Waals surface area contributed by atoms with Crippen molar-refractivity contribution < 1.29 is 9.53 Å². The highest BCUT2D eigenvalue weighted by molar-refractivity contribution is 5.78. The molecule has 0 radical (unpaired) electrons. The van der Waals surface area contributed by atoms with E-state index in [-0.39, 0.29) is 18.1 Å². The van der Waals surface area contributed by atoms with Crippen LogP contribution in [-0.2, 0) is 16.1 Å². The number of hydrogen-bond acceptors (Lipinski definition) is 3. The third kappa shape index (κ3) is 3.11. The zero-order chi connectivity index (χ0) is 14.9. The van der Waals surface area contributed by atoms with Crippen molar-refractivity contribution >= 4 is 5.91 Å². The standard InChI is InChI=1S/C17H24N2O2/c1-13-4-3-5-14(8-13)10-19-12-17(2,21-11-16(19)20)15-6-7-18-9-15/h3-5,8,15,18H,6-7,9-12H2,1-2H3. The number of aryl methyl sites for hydroxylation is 1. The SMILES string of the molecule is Cc1cccc(CN2CC(C)(C3CCNC3)OCC2=O)c1. The van der Waals surface area contributed by atoms with Gasteiger partial charge in [0.05, 0.1) is 12.1 Å². The van der Waals surface area contributed by atoms with Gasteiger partial charge in [-0.1, -0.05) is 29.8 Å². The monoisotopic (exact) mass is 288 g/mol. The molecule has 1 N–H and O–H groups in total. The van der Waals surface area contributed by atoms with Gasteiger partial charge in [-0.15, -0.1) is 0 Å². The number of ether oxygens (including phenoxy) is 1. The molecule has 2 fully saturated rings. The maximum absolute atomic E-state index is 12.2. The topological polar surface area (TPSA) is 41.6 Å². The Hall–Kier alpha value is -1.39. The lowest BCUT2D eigenvalue weighted by atomic mass is 9.86. The number of morpholine rings is 1. The number of carbonyl (C=O) groups excluding carboxylic acids is 1. The van der Waals surface area contributed by atoms with Crippen molar-refractivity contribution in [3.05, 3.63) is 35.4 Å². The quantitative estimate of drug-likeness (QED) is 0.921. The fourth-order valence-corrected chi connectivity index (χ4v) is 3.43. The summed E-state index contributed by atoms with van der Waals surface area (Å²) in [7, 11) is 0. The van der Waals surface area contributed by atoms with Gasteiger partial charge in [-0.2, -0.15) is 0 Å². The van der Waals surface area contributed by atoms with Crippen LogP contribution in [0.1, 0.15) is 24.5 Å². The average molecular weight is 288 g/mol. The fourth-order valence-electron chi connectivity index (χ4n) is 3.43. The average Bonchev–Trinajstić information content (AvgIpc) is 2.98. The van der Waals surface area contributed by atoms with E-state index in [9.17, 15) is 4.79 Å². The highest BCUT2D eigenvalue weighted by Crippen LogP contribution is 2.31. The zero-order valence-corrected chi connectivity index (χ0v) is 12.9. The second-order valence-corrected chi connectivity index (χ2v) is 6.53. The zero-order valence-electron chi connectivity index (χ0n) is 12.9. The number of rotatable bonds is 3. The maximum Gasteiger partial charge on any atom is 0.248 e. The predicted molar refractivity (Wildman–Crippen MR) is 81.9 cm³/mol. The molecule has 0 spiro atoms. The lowest BCUT2D eigenvalue weighted by Gasteiger charge is -2.43. The summed E-state index contributed by atoms with van der Waals surface area (Å²) >= 11 is 0. The van der Waals surface area contributed by atoms with Gasteiger partial charge < -0.3 is 15.0 Å². The number of amides is 1. The van der Waals surface area contributed by atoms with Crippen LogP contribution in [-0.4, -0.2) is 42.6 Å². The number of benzene rings is 1. The van der Waals surface area contributed by atoms with Crippen molar-refractivity contribution in [2.45, 2.75) is 32.4 Å². The van der Waals surface area contributed by atoms with Gasteiger partial charge in [0.1, 0.15) is 6.61 Å². The Balaban J connectivity index is 1.72. The van der Waals surface area contributed by atoms with Gasteiger partial charge in [0, 0.05) is 19.0 Å². The molecule has 114 valence electrons. The molecule has 2 heterocycles. The van der Waals surface area contributed by atoms with Crippen molar-refractivity contribution in [3.8, 4) is 0 Å². The predicted octanol–water partition coefficient (Wildman–Crippen LogP) is 1.72. The first-order valence-electron chi connectivity index (χ1n) is 7.75. The minimum absolute atomic E-state index is 0.0972. The van der Waals surface area contributed by atoms with Crippen molar-refractivity contribution in [1.29, 1.82) is 0 Å². The molecule has 0 aromatic heterocycles. The summed E-state index contributed by atoms with van der Waals surface area (Å²) < 4.78 is 5.92. The van der Waals surface area contributed by atoms with Crippen LogP contribution in [0.2, 0.25) is 0 Å². The van der Waals surface area contributed by atoms with Crippen molar-refractivity contribution in [3.63, 3.8) is 0 Å². The molecular weight excluding hydrogens is 264 g/mol. The fraction of sp³-hybridized carbons (Fsp3) is 0.588. The number of nitrogens with one attached hydrogen (secondary N) is 1. The molecule has 3 rings (SSSR count). The van der Waals surface area contributed by atoms with Crippen molar-refractivity contribution in [2.75, 3.05) is 26.2 Å². The van der Waals surface area contributed by atoms with Gasteiger partial charge in [-0.05, 0) is 32.4 Å². The van der Waals surface area contributed by atoms with Crippen LogP contribution in [0.25, 0.3) is 0 Å². The molecule has 2 unspecified atom stereocenters. The molecule has 1 amide bonds. The largest absolute Gasteiger partial charge is 0.363 e. The summed E-state index contributed by atoms with van der Waals surface area (Å²) in [4.78, 5) is 14.1. The Labute approximate surface area is 126 Å². The van der Waals surface area contributed by atoms with Crippen LogP contribution >= 0.6 is 0 Å². The molecule has 0 saturated carbocycles. The molecule has 2 aliphatic rings. The van der Waals surface area contributed by atoms with Gasteiger partial charge in [-0.3, -0.25) is 4.79 Å². The van der Waals surface area contributed by atoms with E-state index in [0.717, 1.165) is 19.5 Å². The molecule has 1 aromatic rings. The normalized spacial score (nSPS) is 29.9. The summed E-state index contributed by atoms with van der Waals surface area (Å²) in [6, 6.07) is 8.37. The summed E-state index contributed by atoms with van der Waals surface area (Å²) in [5.41, 5.74) is 2.20. The molecular formula is C17H24N2O2. The van der Waals surface area contributed by atoms with E-state index in [0.29, 0.717) is 19.0 Å². The molecule has 4 heteroatoms. The summed E-state index contributed by atoms with van der Waals surface area (Å²) in [5.74, 6) is 0.588. The molecule has 1 aromatic carbocycles. The van der Waals surface area contributed by atoms with Crippen LogP contribution in [0.5, 0.6) is 0 Å². The summed E-state index contributed by atoms with van der Waals surface area (Å²) in [6.45, 7) is 7.85. The molecule has 0 aliphatic carbocycles. The van der Waals surface area contributed by atoms with Gasteiger partial charge in [0.25, 0.3) is 0 Å². The van der Waals surface area contributed by atoms with E-state index in [1.807, 2.05) is 4.90 Å². The smallest absolute Gasteiger partial charge is 0.248 e. The van der Waals surface area contributed by atoms with E-state index < -0.39 is 0 Å². The first kappa shape index (κ1) is 14.5. The number of nitrogens with zero attached hydrogens (tertiary/aromatic N) is 1. The number of hydrogen-bond donors (Lipinski definition) is 1. The van der Waals surface area contributed by atoms with E-state index in [1.54, 1.807) is 0 Å². The van der Waals surface area contributed by atoms with Crippen LogP contribution in [0.3, 0.4) is 0 Å². The Bertz CT molecular complexity index is 525. The van der Waals surface area contributed by atoms with Crippen LogP contribution in [0.15, 0.2) is 24.3 Å².